The third-order valence-corrected chi connectivity index (χ3v) is 11.2. The lowest BCUT2D eigenvalue weighted by Gasteiger charge is -2.59. The Hall–Kier alpha value is -2.08. The summed E-state index contributed by atoms with van der Waals surface area (Å²) in [5, 5.41) is 0. The predicted molar refractivity (Wildman–Crippen MR) is 139 cm³/mol. The molecule has 1 aliphatic heterocycles. The van der Waals surface area contributed by atoms with E-state index in [1.54, 1.807) is 17.9 Å². The molecule has 0 aromatic carbocycles. The lowest BCUT2D eigenvalue weighted by Crippen LogP contribution is -2.53. The Kier molecular flexibility index (Phi) is 6.09. The Balaban J connectivity index is 1.13. The number of ether oxygens (including phenoxy) is 1. The van der Waals surface area contributed by atoms with E-state index in [1.165, 1.54) is 31.2 Å². The zero-order valence-electron chi connectivity index (χ0n) is 22.2. The van der Waals surface area contributed by atoms with E-state index in [-0.39, 0.29) is 23.2 Å². The summed E-state index contributed by atoms with van der Waals surface area (Å²) in [6.07, 6.45) is 13.4. The van der Waals surface area contributed by atoms with E-state index in [0.717, 1.165) is 57.8 Å². The summed E-state index contributed by atoms with van der Waals surface area (Å²) >= 11 is 0. The summed E-state index contributed by atoms with van der Waals surface area (Å²) < 4.78 is 11.3. The summed E-state index contributed by atoms with van der Waals surface area (Å²) in [4.78, 5) is 28.5. The van der Waals surface area contributed by atoms with Crippen molar-refractivity contribution in [2.75, 3.05) is 33.2 Å². The Morgan fingerprint density at radius 2 is 1.86 bits per heavy atom. The van der Waals surface area contributed by atoms with Gasteiger partial charge in [0.1, 0.15) is 6.10 Å². The van der Waals surface area contributed by atoms with Gasteiger partial charge < -0.3 is 19.0 Å². The van der Waals surface area contributed by atoms with Crippen LogP contribution in [0.4, 0.5) is 4.79 Å². The number of carbonyl (C=O) groups is 1. The van der Waals surface area contributed by atoms with Crippen molar-refractivity contribution in [3.8, 4) is 0 Å². The number of hydrogen-bond acceptors (Lipinski definition) is 5. The molecule has 3 saturated carbocycles. The van der Waals surface area contributed by atoms with Gasteiger partial charge in [-0.25, -0.2) is 9.59 Å². The number of likely N-dealkylation sites (N-methyl/N-ethyl adjacent to an activating group) is 1. The van der Waals surface area contributed by atoms with Gasteiger partial charge in [-0.05, 0) is 105 Å². The van der Waals surface area contributed by atoms with Crippen LogP contribution in [0.5, 0.6) is 0 Å². The highest BCUT2D eigenvalue weighted by Crippen LogP contribution is 2.67. The fourth-order valence-corrected chi connectivity index (χ4v) is 8.93. The molecule has 6 rings (SSSR count). The van der Waals surface area contributed by atoms with Crippen LogP contribution in [0.25, 0.3) is 0 Å². The first-order valence-electron chi connectivity index (χ1n) is 14.2. The molecule has 0 N–H and O–H groups in total. The second-order valence-electron chi connectivity index (χ2n) is 12.9. The minimum absolute atomic E-state index is 0.0726. The Labute approximate surface area is 215 Å². The molecule has 1 amide bonds. The maximum absolute atomic E-state index is 12.8. The average molecular weight is 495 g/mol. The van der Waals surface area contributed by atoms with Gasteiger partial charge in [0.15, 0.2) is 0 Å². The first-order valence-corrected chi connectivity index (χ1v) is 14.2. The molecule has 1 saturated heterocycles. The van der Waals surface area contributed by atoms with Crippen LogP contribution in [0.1, 0.15) is 76.7 Å². The molecular formula is C30H42N2O4. The van der Waals surface area contributed by atoms with E-state index in [0.29, 0.717) is 23.2 Å². The Bertz CT molecular complexity index is 1070. The van der Waals surface area contributed by atoms with Crippen molar-refractivity contribution >= 4 is 6.09 Å². The molecule has 196 valence electrons. The molecule has 36 heavy (non-hydrogen) atoms. The van der Waals surface area contributed by atoms with E-state index in [4.69, 9.17) is 9.15 Å². The Morgan fingerprint density at radius 3 is 2.61 bits per heavy atom. The number of hydrogen-bond donors (Lipinski definition) is 0. The number of piperazine rings is 1. The van der Waals surface area contributed by atoms with Crippen LogP contribution in [0.2, 0.25) is 0 Å². The second kappa shape index (κ2) is 9.04. The van der Waals surface area contributed by atoms with Gasteiger partial charge in [-0.3, -0.25) is 0 Å². The van der Waals surface area contributed by atoms with Gasteiger partial charge in [0.05, 0.1) is 6.26 Å². The van der Waals surface area contributed by atoms with Gasteiger partial charge in [0, 0.05) is 32.2 Å². The number of carbonyl (C=O) groups excluding carboxylic acids is 1. The van der Waals surface area contributed by atoms with Gasteiger partial charge in [-0.2, -0.15) is 0 Å². The van der Waals surface area contributed by atoms with Crippen LogP contribution in [0.3, 0.4) is 0 Å². The van der Waals surface area contributed by atoms with Crippen LogP contribution in [-0.2, 0) is 4.74 Å². The van der Waals surface area contributed by atoms with Crippen molar-refractivity contribution in [1.82, 2.24) is 9.80 Å². The van der Waals surface area contributed by atoms with Gasteiger partial charge in [-0.15, -0.1) is 0 Å². The molecule has 7 atom stereocenters. The summed E-state index contributed by atoms with van der Waals surface area (Å²) in [6, 6.07) is 3.55. The molecule has 7 unspecified atom stereocenters. The molecule has 4 fully saturated rings. The third-order valence-electron chi connectivity index (χ3n) is 11.2. The van der Waals surface area contributed by atoms with E-state index >= 15 is 0 Å². The van der Waals surface area contributed by atoms with E-state index in [2.05, 4.69) is 31.9 Å². The maximum Gasteiger partial charge on any atom is 0.410 e. The molecule has 0 bridgehead atoms. The average Bonchev–Trinajstić information content (AvgIpc) is 3.22. The van der Waals surface area contributed by atoms with Crippen LogP contribution in [-0.4, -0.2) is 55.2 Å². The van der Waals surface area contributed by atoms with E-state index in [9.17, 15) is 9.59 Å². The van der Waals surface area contributed by atoms with Crippen LogP contribution < -0.4 is 5.63 Å². The molecule has 1 aromatic rings. The minimum Gasteiger partial charge on any atom is -0.446 e. The van der Waals surface area contributed by atoms with Crippen molar-refractivity contribution in [1.29, 1.82) is 0 Å². The van der Waals surface area contributed by atoms with Crippen molar-refractivity contribution in [2.45, 2.75) is 77.2 Å². The van der Waals surface area contributed by atoms with Crippen LogP contribution >= 0.6 is 0 Å². The highest BCUT2D eigenvalue weighted by atomic mass is 16.6. The number of amides is 1. The Morgan fingerprint density at radius 1 is 1.06 bits per heavy atom. The molecule has 6 heteroatoms. The number of fused-ring (bicyclic) bond motifs is 5. The summed E-state index contributed by atoms with van der Waals surface area (Å²) in [6.45, 7) is 8.42. The molecule has 6 nitrogen and oxygen atoms in total. The highest BCUT2D eigenvalue weighted by molar-refractivity contribution is 5.68. The van der Waals surface area contributed by atoms with Crippen LogP contribution in [0, 0.1) is 28.6 Å². The topological polar surface area (TPSA) is 63.0 Å². The zero-order valence-corrected chi connectivity index (χ0v) is 22.2. The lowest BCUT2D eigenvalue weighted by atomic mass is 9.46. The van der Waals surface area contributed by atoms with E-state index < -0.39 is 0 Å². The van der Waals surface area contributed by atoms with Crippen molar-refractivity contribution < 1.29 is 13.9 Å². The van der Waals surface area contributed by atoms with Crippen molar-refractivity contribution in [3.63, 3.8) is 0 Å². The van der Waals surface area contributed by atoms with Crippen molar-refractivity contribution in [3.05, 3.63) is 46.0 Å². The largest absolute Gasteiger partial charge is 0.446 e. The second-order valence-corrected chi connectivity index (χ2v) is 12.9. The van der Waals surface area contributed by atoms with Gasteiger partial charge in [-0.1, -0.05) is 25.5 Å². The van der Waals surface area contributed by atoms with Gasteiger partial charge in [0.2, 0.25) is 0 Å². The molecule has 4 aliphatic carbocycles. The highest BCUT2D eigenvalue weighted by Gasteiger charge is 2.58. The molecule has 1 aromatic heterocycles. The summed E-state index contributed by atoms with van der Waals surface area (Å²) in [5.41, 5.74) is 3.08. The monoisotopic (exact) mass is 494 g/mol. The van der Waals surface area contributed by atoms with E-state index in [1.807, 2.05) is 11.0 Å². The number of nitrogens with zero attached hydrogens (tertiary/aromatic N) is 2. The van der Waals surface area contributed by atoms with Gasteiger partial charge in [0.25, 0.3) is 0 Å². The molecule has 0 radical (unpaired) electrons. The number of rotatable bonds is 2. The first-order chi connectivity index (χ1) is 17.3. The fraction of sp³-hybridized carbons (Fsp3) is 0.733. The summed E-state index contributed by atoms with van der Waals surface area (Å²) in [5.74, 6) is 2.43. The van der Waals surface area contributed by atoms with Crippen LogP contribution in [0.15, 0.2) is 39.3 Å². The fourth-order valence-electron chi connectivity index (χ4n) is 8.93. The zero-order chi connectivity index (χ0) is 25.1. The lowest BCUT2D eigenvalue weighted by molar-refractivity contribution is -0.0877. The summed E-state index contributed by atoms with van der Waals surface area (Å²) in [7, 11) is 2.11. The normalized spacial score (nSPS) is 40.6. The molecule has 2 heterocycles. The third kappa shape index (κ3) is 3.95. The maximum atomic E-state index is 12.8. The molecule has 5 aliphatic rings. The van der Waals surface area contributed by atoms with Crippen molar-refractivity contribution in [2.24, 2.45) is 28.6 Å². The number of allylic oxidation sites excluding steroid dienone is 2. The predicted octanol–water partition coefficient (Wildman–Crippen LogP) is 5.44. The standard InChI is InChI=1S/C30H42N2O4/c1-29-12-10-22(36-28(34)32-16-14-31(3)15-17-32)18-21(29)5-6-23-25-8-7-24(20-4-9-27(33)35-19-20)30(25,2)13-11-26(23)29/h4,8-9,19,21-24,26H,5-7,10-18H2,1-3H3. The molecule has 0 spiro atoms. The quantitative estimate of drug-likeness (QED) is 0.513. The SMILES string of the molecule is CN1CCN(C(=O)OC2CCC3(C)C(CCC4C5=CCC(c6ccc(=O)oc6)C5(C)CCC43)C2)CC1. The smallest absolute Gasteiger partial charge is 0.410 e. The minimum atomic E-state index is -0.269. The van der Waals surface area contributed by atoms with Gasteiger partial charge >= 0.3 is 11.7 Å². The molecular weight excluding hydrogens is 452 g/mol. The first kappa shape index (κ1) is 24.3.